The van der Waals surface area contributed by atoms with Crippen LogP contribution in [0, 0.1) is 6.92 Å². The zero-order valence-electron chi connectivity index (χ0n) is 5.26. The summed E-state index contributed by atoms with van der Waals surface area (Å²) in [5, 5.41) is 0. The second-order valence-corrected chi connectivity index (χ2v) is 1.45. The summed E-state index contributed by atoms with van der Waals surface area (Å²) in [6.45, 7) is 3.63. The zero-order chi connectivity index (χ0) is 5.28. The Balaban J connectivity index is 0.000000490. The van der Waals surface area contributed by atoms with Gasteiger partial charge in [0.15, 0.2) is 0 Å². The fourth-order valence-corrected chi connectivity index (χ4v) is 0.396. The topological polar surface area (TPSA) is 17.8 Å². The molecule has 0 aromatic carbocycles. The molecule has 0 saturated heterocycles. The minimum atomic E-state index is 0. The number of rotatable bonds is 0. The summed E-state index contributed by atoms with van der Waals surface area (Å²) in [5.41, 5.74) is 0. The Morgan fingerprint density at radius 3 is 2.50 bits per heavy atom. The van der Waals surface area contributed by atoms with Crippen LogP contribution in [0.25, 0.3) is 0 Å². The Hall–Kier alpha value is -0.323. The molecule has 0 bridgehead atoms. The molecule has 0 amide bonds. The first kappa shape index (κ1) is 7.68. The van der Waals surface area contributed by atoms with E-state index >= 15 is 0 Å². The van der Waals surface area contributed by atoms with Crippen molar-refractivity contribution in [2.75, 3.05) is 0 Å². The van der Waals surface area contributed by atoms with E-state index in [2.05, 4.69) is 11.9 Å². The quantitative estimate of drug-likeness (QED) is 0.264. The summed E-state index contributed by atoms with van der Waals surface area (Å²) in [5.74, 6) is 0.806. The minimum absolute atomic E-state index is 0. The number of hydrogen-bond donors (Lipinski definition) is 0. The average Bonchev–Trinajstić information content (AvgIpc) is 1.91. The van der Waals surface area contributed by atoms with Crippen LogP contribution in [0.2, 0.25) is 0 Å². The summed E-state index contributed by atoms with van der Waals surface area (Å²) in [6.07, 6.45) is 3.59. The normalized spacial score (nSPS) is 8.12. The van der Waals surface area contributed by atoms with Gasteiger partial charge in [0.25, 0.3) is 0 Å². The summed E-state index contributed by atoms with van der Waals surface area (Å²) < 4.78 is 1.86. The molecule has 0 aliphatic rings. The second kappa shape index (κ2) is 2.86. The zero-order valence-corrected chi connectivity index (χ0v) is 5.26. The van der Waals surface area contributed by atoms with Crippen LogP contribution in [0.15, 0.2) is 12.4 Å². The Bertz CT molecular complexity index is 143. The number of nitrogens with zero attached hydrogens (tertiary/aromatic N) is 2. The minimum Gasteiger partial charge on any atom is -0.364 e. The van der Waals surface area contributed by atoms with Gasteiger partial charge < -0.3 is 11.5 Å². The van der Waals surface area contributed by atoms with Crippen LogP contribution in [0.3, 0.4) is 0 Å². The molecule has 3 heteroatoms. The van der Waals surface area contributed by atoms with E-state index in [1.165, 1.54) is 0 Å². The van der Waals surface area contributed by atoms with Crippen molar-refractivity contribution in [3.63, 3.8) is 0 Å². The van der Waals surface area contributed by atoms with Gasteiger partial charge in [-0.2, -0.15) is 0 Å². The van der Waals surface area contributed by atoms with Gasteiger partial charge in [0.1, 0.15) is 0 Å². The maximum absolute atomic E-state index is 3.87. The van der Waals surface area contributed by atoms with E-state index in [0.717, 1.165) is 5.82 Å². The van der Waals surface area contributed by atoms with Gasteiger partial charge in [-0.1, -0.05) is 0 Å². The number of hydrogen-bond acceptors (Lipinski definition) is 1. The van der Waals surface area contributed by atoms with Crippen LogP contribution >= 0.6 is 0 Å². The summed E-state index contributed by atoms with van der Waals surface area (Å²) in [7, 11) is 1.91. The van der Waals surface area contributed by atoms with Crippen LogP contribution in [-0.4, -0.2) is 9.55 Å². The molecular formula is C5H7LiN2. The van der Waals surface area contributed by atoms with Crippen molar-refractivity contribution < 1.29 is 18.9 Å². The molecule has 2 nitrogen and oxygen atoms in total. The monoisotopic (exact) mass is 102 g/mol. The van der Waals surface area contributed by atoms with Gasteiger partial charge in [0.05, 0.1) is 0 Å². The van der Waals surface area contributed by atoms with Crippen molar-refractivity contribution in [1.29, 1.82) is 0 Å². The third-order valence-corrected chi connectivity index (χ3v) is 0.921. The van der Waals surface area contributed by atoms with E-state index in [-0.39, 0.29) is 18.9 Å². The molecule has 0 unspecified atom stereocenters. The molecule has 1 aromatic heterocycles. The largest absolute Gasteiger partial charge is 1.00 e. The van der Waals surface area contributed by atoms with Crippen molar-refractivity contribution in [3.05, 3.63) is 25.1 Å². The van der Waals surface area contributed by atoms with Crippen LogP contribution in [0.1, 0.15) is 5.82 Å². The maximum Gasteiger partial charge on any atom is 1.00 e. The van der Waals surface area contributed by atoms with Gasteiger partial charge >= 0.3 is 18.9 Å². The fourth-order valence-electron chi connectivity index (χ4n) is 0.396. The molecule has 0 fully saturated rings. The molecule has 1 rings (SSSR count). The number of aromatic nitrogens is 2. The molecule has 1 aromatic rings. The van der Waals surface area contributed by atoms with Crippen molar-refractivity contribution in [3.8, 4) is 0 Å². The summed E-state index contributed by atoms with van der Waals surface area (Å²) in [6, 6.07) is 0. The van der Waals surface area contributed by atoms with Gasteiger partial charge in [-0.15, -0.1) is 0 Å². The van der Waals surface area contributed by atoms with Crippen LogP contribution in [0.5, 0.6) is 0 Å². The van der Waals surface area contributed by atoms with Gasteiger partial charge in [-0.05, 0) is 5.82 Å². The van der Waals surface area contributed by atoms with E-state index < -0.39 is 0 Å². The third-order valence-electron chi connectivity index (χ3n) is 0.921. The molecule has 0 N–H and O–H groups in total. The molecule has 0 aliphatic heterocycles. The molecule has 0 saturated carbocycles. The van der Waals surface area contributed by atoms with Gasteiger partial charge in [-0.3, -0.25) is 4.98 Å². The Morgan fingerprint density at radius 1 is 1.75 bits per heavy atom. The predicted octanol–water partition coefficient (Wildman–Crippen LogP) is -2.39. The van der Waals surface area contributed by atoms with E-state index in [4.69, 9.17) is 0 Å². The molecule has 0 atom stereocenters. The van der Waals surface area contributed by atoms with Gasteiger partial charge in [-0.25, -0.2) is 0 Å². The van der Waals surface area contributed by atoms with Crippen LogP contribution in [-0.2, 0) is 7.05 Å². The Kier molecular flexibility index (Phi) is 2.74. The van der Waals surface area contributed by atoms with E-state index in [1.807, 2.05) is 17.8 Å². The molecule has 0 aliphatic carbocycles. The molecule has 38 valence electrons. The van der Waals surface area contributed by atoms with E-state index in [9.17, 15) is 0 Å². The van der Waals surface area contributed by atoms with Crippen molar-refractivity contribution in [2.45, 2.75) is 0 Å². The summed E-state index contributed by atoms with van der Waals surface area (Å²) in [4.78, 5) is 3.87. The predicted molar refractivity (Wildman–Crippen MR) is 27.7 cm³/mol. The van der Waals surface area contributed by atoms with Crippen LogP contribution in [0.4, 0.5) is 0 Å². The molecule has 0 radical (unpaired) electrons. The van der Waals surface area contributed by atoms with Gasteiger partial charge in [0.2, 0.25) is 0 Å². The molecular weight excluding hydrogens is 95.0 g/mol. The Labute approximate surface area is 61.1 Å². The smallest absolute Gasteiger partial charge is 0.364 e. The first-order valence-corrected chi connectivity index (χ1v) is 2.10. The van der Waals surface area contributed by atoms with Gasteiger partial charge in [0, 0.05) is 19.4 Å². The first-order chi connectivity index (χ1) is 3.30. The number of imidazole rings is 1. The summed E-state index contributed by atoms with van der Waals surface area (Å²) >= 11 is 0. The van der Waals surface area contributed by atoms with Crippen molar-refractivity contribution >= 4 is 0 Å². The standard InChI is InChI=1S/C5H7N2.Li/c1-5-6-3-4-7(5)2;/h3-4H,1H2,2H3;/q-1;+1. The molecule has 1 heterocycles. The van der Waals surface area contributed by atoms with Crippen molar-refractivity contribution in [2.24, 2.45) is 7.05 Å². The van der Waals surface area contributed by atoms with E-state index in [1.54, 1.807) is 6.20 Å². The van der Waals surface area contributed by atoms with Crippen LogP contribution < -0.4 is 18.9 Å². The third kappa shape index (κ3) is 1.33. The van der Waals surface area contributed by atoms with Crippen molar-refractivity contribution in [1.82, 2.24) is 9.55 Å². The van der Waals surface area contributed by atoms with E-state index in [0.29, 0.717) is 0 Å². The first-order valence-electron chi connectivity index (χ1n) is 2.10. The second-order valence-electron chi connectivity index (χ2n) is 1.45. The maximum atomic E-state index is 3.87. The Morgan fingerprint density at radius 2 is 2.38 bits per heavy atom. The average molecular weight is 102 g/mol. The fraction of sp³-hybridized carbons (Fsp3) is 0.200. The molecule has 0 spiro atoms. The molecule has 8 heavy (non-hydrogen) atoms. The SMILES string of the molecule is [CH2-]c1nccn1C.[Li+]. The number of aryl methyl sites for hydroxylation is 1.